The maximum atomic E-state index is 12.5. The number of aliphatic hydroxyl groups excluding tert-OH is 1. The number of carbonyl (C=O) groups excluding carboxylic acids is 1. The Bertz CT molecular complexity index is 672. The van der Waals surface area contributed by atoms with Crippen LogP contribution in [0.1, 0.15) is 24.3 Å². The molecule has 2 amide bonds. The summed E-state index contributed by atoms with van der Waals surface area (Å²) in [5.41, 5.74) is 1.61. The van der Waals surface area contributed by atoms with Gasteiger partial charge in [-0.1, -0.05) is 18.2 Å². The standard InChI is InChI=1S/C16H20F2N2O3/c1-10-12-5-3-4-6-13(12)23-15(10)11(2)19-16(22)20(7-8-21)9-14(17)18/h3-6,11,14,21H,7-9H2,1-2H3,(H,19,22)/t11-/m0/s1. The van der Waals surface area contributed by atoms with E-state index in [0.717, 1.165) is 15.8 Å². The Morgan fingerprint density at radius 2 is 2.09 bits per heavy atom. The minimum atomic E-state index is -2.66. The van der Waals surface area contributed by atoms with E-state index in [1.807, 2.05) is 31.2 Å². The molecule has 0 aliphatic carbocycles. The zero-order chi connectivity index (χ0) is 17.0. The lowest BCUT2D eigenvalue weighted by molar-refractivity contribution is 0.0893. The predicted octanol–water partition coefficient (Wildman–Crippen LogP) is 3.07. The molecule has 1 atom stereocenters. The molecule has 1 aromatic carbocycles. The lowest BCUT2D eigenvalue weighted by Crippen LogP contribution is -2.44. The number of aliphatic hydroxyl groups is 1. The van der Waals surface area contributed by atoms with Gasteiger partial charge in [-0.05, 0) is 19.9 Å². The lowest BCUT2D eigenvalue weighted by atomic mass is 10.1. The monoisotopic (exact) mass is 326 g/mol. The third-order valence-electron chi connectivity index (χ3n) is 3.63. The molecule has 0 spiro atoms. The first-order valence-corrected chi connectivity index (χ1v) is 7.36. The van der Waals surface area contributed by atoms with Crippen molar-refractivity contribution in [3.63, 3.8) is 0 Å². The minimum Gasteiger partial charge on any atom is -0.459 e. The summed E-state index contributed by atoms with van der Waals surface area (Å²) >= 11 is 0. The number of fused-ring (bicyclic) bond motifs is 1. The van der Waals surface area contributed by atoms with E-state index >= 15 is 0 Å². The lowest BCUT2D eigenvalue weighted by Gasteiger charge is -2.23. The van der Waals surface area contributed by atoms with Crippen LogP contribution in [0.3, 0.4) is 0 Å². The highest BCUT2D eigenvalue weighted by atomic mass is 19.3. The summed E-state index contributed by atoms with van der Waals surface area (Å²) in [6.45, 7) is 2.36. The number of nitrogens with one attached hydrogen (secondary N) is 1. The van der Waals surface area contributed by atoms with Crippen LogP contribution in [0.5, 0.6) is 0 Å². The molecule has 0 saturated carbocycles. The maximum Gasteiger partial charge on any atom is 0.318 e. The number of carbonyl (C=O) groups is 1. The van der Waals surface area contributed by atoms with Crippen LogP contribution in [0.4, 0.5) is 13.6 Å². The molecule has 2 N–H and O–H groups in total. The van der Waals surface area contributed by atoms with E-state index in [1.165, 1.54) is 0 Å². The SMILES string of the molecule is Cc1c([C@H](C)NC(=O)N(CCO)CC(F)F)oc2ccccc12. The quantitative estimate of drug-likeness (QED) is 0.857. The molecule has 2 aromatic rings. The van der Waals surface area contributed by atoms with Gasteiger partial charge in [-0.3, -0.25) is 0 Å². The van der Waals surface area contributed by atoms with Gasteiger partial charge in [0.25, 0.3) is 6.43 Å². The fourth-order valence-electron chi connectivity index (χ4n) is 2.51. The van der Waals surface area contributed by atoms with Crippen molar-refractivity contribution in [1.82, 2.24) is 10.2 Å². The molecule has 23 heavy (non-hydrogen) atoms. The minimum absolute atomic E-state index is 0.151. The Morgan fingerprint density at radius 1 is 1.39 bits per heavy atom. The van der Waals surface area contributed by atoms with E-state index < -0.39 is 25.0 Å². The molecule has 2 rings (SSSR count). The second-order valence-corrected chi connectivity index (χ2v) is 5.32. The van der Waals surface area contributed by atoms with Crippen LogP contribution in [0, 0.1) is 6.92 Å². The molecule has 0 unspecified atom stereocenters. The van der Waals surface area contributed by atoms with E-state index in [2.05, 4.69) is 5.32 Å². The Balaban J connectivity index is 2.14. The summed E-state index contributed by atoms with van der Waals surface area (Å²) in [7, 11) is 0. The van der Waals surface area contributed by atoms with E-state index in [1.54, 1.807) is 6.92 Å². The molecule has 0 aliphatic heterocycles. The number of urea groups is 1. The Kier molecular flexibility index (Phi) is 5.54. The van der Waals surface area contributed by atoms with Crippen LogP contribution in [0.2, 0.25) is 0 Å². The van der Waals surface area contributed by atoms with Gasteiger partial charge in [0.05, 0.1) is 19.2 Å². The van der Waals surface area contributed by atoms with Crippen LogP contribution >= 0.6 is 0 Å². The molecular formula is C16H20F2N2O3. The fraction of sp³-hybridized carbons (Fsp3) is 0.438. The van der Waals surface area contributed by atoms with E-state index in [9.17, 15) is 13.6 Å². The first-order valence-electron chi connectivity index (χ1n) is 7.36. The number of nitrogens with zero attached hydrogens (tertiary/aromatic N) is 1. The third kappa shape index (κ3) is 3.98. The second kappa shape index (κ2) is 7.41. The zero-order valence-corrected chi connectivity index (χ0v) is 13.1. The number of furan rings is 1. The molecule has 0 fully saturated rings. The number of alkyl halides is 2. The summed E-state index contributed by atoms with van der Waals surface area (Å²) in [5.74, 6) is 0.584. The van der Waals surface area contributed by atoms with E-state index in [4.69, 9.17) is 9.52 Å². The molecule has 7 heteroatoms. The predicted molar refractivity (Wildman–Crippen MR) is 82.6 cm³/mol. The average molecular weight is 326 g/mol. The summed E-state index contributed by atoms with van der Waals surface area (Å²) in [6.07, 6.45) is -2.66. The van der Waals surface area contributed by atoms with Crippen molar-refractivity contribution in [2.45, 2.75) is 26.3 Å². The van der Waals surface area contributed by atoms with Crippen molar-refractivity contribution in [3.05, 3.63) is 35.6 Å². The van der Waals surface area contributed by atoms with Gasteiger partial charge >= 0.3 is 6.03 Å². The van der Waals surface area contributed by atoms with E-state index in [-0.39, 0.29) is 13.2 Å². The first kappa shape index (κ1) is 17.2. The molecular weight excluding hydrogens is 306 g/mol. The molecule has 1 heterocycles. The Morgan fingerprint density at radius 3 is 2.70 bits per heavy atom. The molecule has 126 valence electrons. The van der Waals surface area contributed by atoms with Gasteiger partial charge in [0, 0.05) is 17.5 Å². The molecule has 0 saturated heterocycles. The van der Waals surface area contributed by atoms with Crippen molar-refractivity contribution in [3.8, 4) is 0 Å². The summed E-state index contributed by atoms with van der Waals surface area (Å²) in [5, 5.41) is 12.5. The van der Waals surface area contributed by atoms with Crippen molar-refractivity contribution in [2.24, 2.45) is 0 Å². The van der Waals surface area contributed by atoms with Crippen LogP contribution in [-0.4, -0.2) is 42.2 Å². The number of halogens is 2. The number of para-hydroxylation sites is 1. The highest BCUT2D eigenvalue weighted by molar-refractivity contribution is 5.82. The van der Waals surface area contributed by atoms with E-state index in [0.29, 0.717) is 11.3 Å². The first-order chi connectivity index (χ1) is 10.9. The van der Waals surface area contributed by atoms with Crippen LogP contribution in [0.15, 0.2) is 28.7 Å². The zero-order valence-electron chi connectivity index (χ0n) is 13.1. The number of rotatable bonds is 6. The van der Waals surface area contributed by atoms with Crippen molar-refractivity contribution >= 4 is 17.0 Å². The van der Waals surface area contributed by atoms with Gasteiger partial charge in [-0.2, -0.15) is 0 Å². The number of amides is 2. The fourth-order valence-corrected chi connectivity index (χ4v) is 2.51. The maximum absolute atomic E-state index is 12.5. The van der Waals surface area contributed by atoms with Gasteiger partial charge in [-0.15, -0.1) is 0 Å². The topological polar surface area (TPSA) is 65.7 Å². The number of hydrogen-bond donors (Lipinski definition) is 2. The summed E-state index contributed by atoms with van der Waals surface area (Å²) < 4.78 is 30.8. The van der Waals surface area contributed by atoms with Gasteiger partial charge in [0.1, 0.15) is 11.3 Å². The third-order valence-corrected chi connectivity index (χ3v) is 3.63. The van der Waals surface area contributed by atoms with Gasteiger partial charge < -0.3 is 19.7 Å². The number of hydrogen-bond acceptors (Lipinski definition) is 3. The van der Waals surface area contributed by atoms with Crippen molar-refractivity contribution in [1.29, 1.82) is 0 Å². The van der Waals surface area contributed by atoms with Gasteiger partial charge in [-0.25, -0.2) is 13.6 Å². The molecule has 0 bridgehead atoms. The van der Waals surface area contributed by atoms with Crippen LogP contribution in [-0.2, 0) is 0 Å². The van der Waals surface area contributed by atoms with Gasteiger partial charge in [0.2, 0.25) is 0 Å². The van der Waals surface area contributed by atoms with Crippen LogP contribution in [0.25, 0.3) is 11.0 Å². The molecule has 0 radical (unpaired) electrons. The van der Waals surface area contributed by atoms with Crippen molar-refractivity contribution in [2.75, 3.05) is 19.7 Å². The molecule has 5 nitrogen and oxygen atoms in total. The summed E-state index contributed by atoms with van der Waals surface area (Å²) in [6, 6.07) is 6.35. The molecule has 0 aliphatic rings. The largest absolute Gasteiger partial charge is 0.459 e. The average Bonchev–Trinajstić information content (AvgIpc) is 2.84. The second-order valence-electron chi connectivity index (χ2n) is 5.32. The van der Waals surface area contributed by atoms with Crippen molar-refractivity contribution < 1.29 is 23.1 Å². The molecule has 1 aromatic heterocycles. The van der Waals surface area contributed by atoms with Gasteiger partial charge in [0.15, 0.2) is 0 Å². The smallest absolute Gasteiger partial charge is 0.318 e. The summed E-state index contributed by atoms with van der Waals surface area (Å²) in [4.78, 5) is 13.0. The Labute approximate surface area is 132 Å². The Hall–Kier alpha value is -2.15. The van der Waals surface area contributed by atoms with Crippen LogP contribution < -0.4 is 5.32 Å². The number of benzene rings is 1. The normalized spacial score (nSPS) is 12.6. The number of aryl methyl sites for hydroxylation is 1. The highest BCUT2D eigenvalue weighted by Crippen LogP contribution is 2.29. The highest BCUT2D eigenvalue weighted by Gasteiger charge is 2.22.